The lowest BCUT2D eigenvalue weighted by atomic mass is 9.53. The van der Waals surface area contributed by atoms with Crippen LogP contribution in [-0.4, -0.2) is 32.6 Å². The van der Waals surface area contributed by atoms with E-state index in [1.807, 2.05) is 0 Å². The highest BCUT2D eigenvalue weighted by atomic mass is 32.2. The summed E-state index contributed by atoms with van der Waals surface area (Å²) in [4.78, 5) is 11.8. The fourth-order valence-corrected chi connectivity index (χ4v) is 7.08. The first-order valence-electron chi connectivity index (χ1n) is 9.53. The maximum atomic E-state index is 12.9. The van der Waals surface area contributed by atoms with Crippen LogP contribution in [0.4, 0.5) is 13.2 Å². The molecule has 1 aromatic rings. The summed E-state index contributed by atoms with van der Waals surface area (Å²) < 4.78 is 65.3. The first-order valence-corrected chi connectivity index (χ1v) is 11.0. The predicted molar refractivity (Wildman–Crippen MR) is 96.1 cm³/mol. The summed E-state index contributed by atoms with van der Waals surface area (Å²) in [6, 6.07) is 5.01. The van der Waals surface area contributed by atoms with Gasteiger partial charge in [-0.25, -0.2) is 13.1 Å². The first-order chi connectivity index (χ1) is 13.0. The Hall–Kier alpha value is -1.61. The Kier molecular flexibility index (Phi) is 4.73. The molecule has 0 unspecified atom stereocenters. The third kappa shape index (κ3) is 4.05. The molecule has 4 aliphatic carbocycles. The van der Waals surface area contributed by atoms with Crippen LogP contribution >= 0.6 is 0 Å². The zero-order chi connectivity index (χ0) is 20.2. The monoisotopic (exact) mass is 416 g/mol. The molecular weight excluding hydrogens is 393 g/mol. The largest absolute Gasteiger partial charge is 0.405 e. The molecule has 154 valence electrons. The molecule has 0 aliphatic heterocycles. The molecule has 4 aliphatic rings. The zero-order valence-electron chi connectivity index (χ0n) is 15.3. The van der Waals surface area contributed by atoms with E-state index in [9.17, 15) is 26.4 Å². The Morgan fingerprint density at radius 1 is 1.00 bits per heavy atom. The molecule has 5 rings (SSSR count). The zero-order valence-corrected chi connectivity index (χ0v) is 16.1. The van der Waals surface area contributed by atoms with E-state index in [0.29, 0.717) is 17.8 Å². The topological polar surface area (TPSA) is 75.3 Å². The van der Waals surface area contributed by atoms with Gasteiger partial charge in [-0.1, -0.05) is 0 Å². The van der Waals surface area contributed by atoms with Crippen molar-refractivity contribution in [1.29, 1.82) is 0 Å². The van der Waals surface area contributed by atoms with Gasteiger partial charge >= 0.3 is 6.18 Å². The van der Waals surface area contributed by atoms with Crippen molar-refractivity contribution < 1.29 is 26.4 Å². The molecule has 0 radical (unpaired) electrons. The number of alkyl halides is 3. The molecule has 2 N–H and O–H groups in total. The molecule has 0 heterocycles. The average molecular weight is 416 g/mol. The Labute approximate surface area is 162 Å². The number of hydrogen-bond acceptors (Lipinski definition) is 3. The van der Waals surface area contributed by atoms with Gasteiger partial charge < -0.3 is 5.32 Å². The summed E-state index contributed by atoms with van der Waals surface area (Å²) in [7, 11) is -3.76. The van der Waals surface area contributed by atoms with Gasteiger partial charge in [-0.3, -0.25) is 4.79 Å². The number of halogens is 3. The standard InChI is InChI=1S/C19H23F3N2O3S/c20-19(21,22)11-23-17(25)15-1-3-16(4-2-15)28(26,27)24-18-8-12-5-13(9-18)7-14(6-12)10-18/h1-4,12-14,24H,5-11H2,(H,23,25). The molecule has 1 aromatic carbocycles. The van der Waals surface area contributed by atoms with E-state index >= 15 is 0 Å². The van der Waals surface area contributed by atoms with E-state index in [1.165, 1.54) is 43.5 Å². The lowest BCUT2D eigenvalue weighted by Crippen LogP contribution is -2.59. The van der Waals surface area contributed by atoms with Gasteiger partial charge in [0.25, 0.3) is 5.91 Å². The van der Waals surface area contributed by atoms with Crippen LogP contribution in [0, 0.1) is 17.8 Å². The van der Waals surface area contributed by atoms with E-state index in [2.05, 4.69) is 4.72 Å². The van der Waals surface area contributed by atoms with Crippen LogP contribution in [0.1, 0.15) is 48.9 Å². The van der Waals surface area contributed by atoms with Crippen molar-refractivity contribution in [2.75, 3.05) is 6.54 Å². The molecule has 4 bridgehead atoms. The second kappa shape index (κ2) is 6.73. The van der Waals surface area contributed by atoms with E-state index in [4.69, 9.17) is 0 Å². The minimum Gasteiger partial charge on any atom is -0.343 e. The number of carbonyl (C=O) groups is 1. The van der Waals surface area contributed by atoms with Crippen molar-refractivity contribution in [3.8, 4) is 0 Å². The van der Waals surface area contributed by atoms with Gasteiger partial charge in [-0.05, 0) is 80.5 Å². The van der Waals surface area contributed by atoms with E-state index in [0.717, 1.165) is 19.3 Å². The second-order valence-electron chi connectivity index (χ2n) is 8.63. The molecule has 0 atom stereocenters. The summed E-state index contributed by atoms with van der Waals surface area (Å²) in [5, 5.41) is 1.77. The van der Waals surface area contributed by atoms with Crippen LogP contribution < -0.4 is 10.0 Å². The molecule has 9 heteroatoms. The Morgan fingerprint density at radius 2 is 1.50 bits per heavy atom. The third-order valence-electron chi connectivity index (χ3n) is 6.27. The quantitative estimate of drug-likeness (QED) is 0.774. The highest BCUT2D eigenvalue weighted by Crippen LogP contribution is 2.55. The van der Waals surface area contributed by atoms with Crippen LogP contribution in [0.25, 0.3) is 0 Å². The Morgan fingerprint density at radius 3 is 1.96 bits per heavy atom. The van der Waals surface area contributed by atoms with E-state index in [1.54, 1.807) is 5.32 Å². The van der Waals surface area contributed by atoms with Crippen molar-refractivity contribution in [2.24, 2.45) is 17.8 Å². The summed E-state index contributed by atoms with van der Waals surface area (Å²) in [6.07, 6.45) is 1.71. The van der Waals surface area contributed by atoms with Gasteiger partial charge in [-0.15, -0.1) is 0 Å². The van der Waals surface area contributed by atoms with Gasteiger partial charge in [0.05, 0.1) is 4.90 Å². The van der Waals surface area contributed by atoms with Gasteiger partial charge in [0.1, 0.15) is 6.54 Å². The lowest BCUT2D eigenvalue weighted by molar-refractivity contribution is -0.123. The van der Waals surface area contributed by atoms with Crippen molar-refractivity contribution in [2.45, 2.75) is 55.1 Å². The summed E-state index contributed by atoms with van der Waals surface area (Å²) >= 11 is 0. The van der Waals surface area contributed by atoms with Gasteiger partial charge in [-0.2, -0.15) is 13.2 Å². The third-order valence-corrected chi connectivity index (χ3v) is 7.86. The molecule has 0 saturated heterocycles. The Balaban J connectivity index is 1.46. The minimum atomic E-state index is -4.50. The van der Waals surface area contributed by atoms with Gasteiger partial charge in [0, 0.05) is 11.1 Å². The number of hydrogen-bond donors (Lipinski definition) is 2. The van der Waals surface area contributed by atoms with Crippen LogP contribution in [0.15, 0.2) is 29.2 Å². The van der Waals surface area contributed by atoms with Crippen molar-refractivity contribution in [3.63, 3.8) is 0 Å². The molecule has 4 saturated carbocycles. The molecule has 1 amide bonds. The maximum absolute atomic E-state index is 12.9. The fourth-order valence-electron chi connectivity index (χ4n) is 5.65. The second-order valence-corrected chi connectivity index (χ2v) is 10.3. The average Bonchev–Trinajstić information content (AvgIpc) is 2.57. The van der Waals surface area contributed by atoms with Gasteiger partial charge in [0.2, 0.25) is 10.0 Å². The van der Waals surface area contributed by atoms with Crippen molar-refractivity contribution in [1.82, 2.24) is 10.0 Å². The summed E-state index contributed by atoms with van der Waals surface area (Å²) in [5.74, 6) is 0.881. The molecule has 0 spiro atoms. The Bertz CT molecular complexity index is 830. The smallest absolute Gasteiger partial charge is 0.343 e. The number of benzene rings is 1. The van der Waals surface area contributed by atoms with Crippen LogP contribution in [0.5, 0.6) is 0 Å². The van der Waals surface area contributed by atoms with E-state index in [-0.39, 0.29) is 16.0 Å². The number of sulfonamides is 1. The summed E-state index contributed by atoms with van der Waals surface area (Å²) in [6.45, 7) is -1.43. The molecule has 4 fully saturated rings. The van der Waals surface area contributed by atoms with E-state index < -0.39 is 28.7 Å². The van der Waals surface area contributed by atoms with Crippen LogP contribution in [0.3, 0.4) is 0 Å². The van der Waals surface area contributed by atoms with Crippen LogP contribution in [0.2, 0.25) is 0 Å². The maximum Gasteiger partial charge on any atom is 0.405 e. The normalized spacial score (nSPS) is 31.8. The number of rotatable bonds is 5. The lowest BCUT2D eigenvalue weighted by Gasteiger charge is -2.56. The summed E-state index contributed by atoms with van der Waals surface area (Å²) in [5.41, 5.74) is -0.394. The highest BCUT2D eigenvalue weighted by molar-refractivity contribution is 7.89. The number of carbonyl (C=O) groups excluding carboxylic acids is 1. The molecule has 5 nitrogen and oxygen atoms in total. The van der Waals surface area contributed by atoms with Crippen molar-refractivity contribution >= 4 is 15.9 Å². The molecular formula is C19H23F3N2O3S. The van der Waals surface area contributed by atoms with Crippen molar-refractivity contribution in [3.05, 3.63) is 29.8 Å². The minimum absolute atomic E-state index is 0.0157. The predicted octanol–water partition coefficient (Wildman–Crippen LogP) is 3.23. The first kappa shape index (κ1) is 19.7. The highest BCUT2D eigenvalue weighted by Gasteiger charge is 2.52. The SMILES string of the molecule is O=C(NCC(F)(F)F)c1ccc(S(=O)(=O)NC23CC4CC(CC(C4)C2)C3)cc1. The van der Waals surface area contributed by atoms with Crippen LogP contribution in [-0.2, 0) is 10.0 Å². The number of amides is 1. The molecule has 28 heavy (non-hydrogen) atoms. The molecule has 0 aromatic heterocycles. The fraction of sp³-hybridized carbons (Fsp3) is 0.632. The van der Waals surface area contributed by atoms with Gasteiger partial charge in [0.15, 0.2) is 0 Å². The number of nitrogens with one attached hydrogen (secondary N) is 2.